The fourth-order valence-electron chi connectivity index (χ4n) is 0.688. The molecule has 0 aliphatic carbocycles. The Kier molecular flexibility index (Phi) is 4.83. The van der Waals surface area contributed by atoms with E-state index in [4.69, 9.17) is 6.58 Å². The fourth-order valence-corrected chi connectivity index (χ4v) is 0.688. The molecule has 1 amide bonds. The summed E-state index contributed by atoms with van der Waals surface area (Å²) in [6.07, 6.45) is 4.76. The van der Waals surface area contributed by atoms with Gasteiger partial charge in [0.2, 0.25) is 0 Å². The monoisotopic (exact) mass is 210 g/mol. The minimum absolute atomic E-state index is 0. The second-order valence-corrected chi connectivity index (χ2v) is 1.82. The maximum absolute atomic E-state index is 10.5. The van der Waals surface area contributed by atoms with Gasteiger partial charge in [-0.3, -0.25) is 10.9 Å². The van der Waals surface area contributed by atoms with Gasteiger partial charge in [-0.25, -0.2) is 0 Å². The Morgan fingerprint density at radius 2 is 2.40 bits per heavy atom. The maximum atomic E-state index is 10.5. The first kappa shape index (κ1) is 10.1. The molecule has 10 heavy (non-hydrogen) atoms. The van der Waals surface area contributed by atoms with Crippen LogP contribution in [0.2, 0.25) is 0 Å². The first-order valence-electron chi connectivity index (χ1n) is 2.78. The third-order valence-corrected chi connectivity index (χ3v) is 1.16. The zero-order valence-corrected chi connectivity index (χ0v) is 8.39. The third-order valence-electron chi connectivity index (χ3n) is 1.16. The van der Waals surface area contributed by atoms with E-state index in [-0.39, 0.29) is 38.6 Å². The van der Waals surface area contributed by atoms with Crippen molar-refractivity contribution in [3.8, 4) is 0 Å². The second-order valence-electron chi connectivity index (χ2n) is 1.82. The van der Waals surface area contributed by atoms with Gasteiger partial charge in [-0.05, 0) is 0 Å². The summed E-state index contributed by atoms with van der Waals surface area (Å²) >= 11 is 0. The Morgan fingerprint density at radius 3 is 2.80 bits per heavy atom. The van der Waals surface area contributed by atoms with E-state index in [9.17, 15) is 4.79 Å². The third kappa shape index (κ3) is 2.76. The number of carbonyl (C=O) groups is 1. The summed E-state index contributed by atoms with van der Waals surface area (Å²) in [6, 6.07) is 0. The topological polar surface area (TPSA) is 29.1 Å². The molecule has 0 aromatic carbocycles. The molecule has 2 nitrogen and oxygen atoms in total. The Bertz CT molecular complexity index is 174. The van der Waals surface area contributed by atoms with Gasteiger partial charge in [-0.2, -0.15) is 0 Å². The molecule has 0 aromatic rings. The van der Waals surface area contributed by atoms with E-state index in [0.717, 1.165) is 12.0 Å². The van der Waals surface area contributed by atoms with Crippen molar-refractivity contribution < 1.29 is 37.5 Å². The molecule has 0 saturated heterocycles. The van der Waals surface area contributed by atoms with Crippen molar-refractivity contribution in [3.05, 3.63) is 24.3 Å². The molecule has 0 bridgehead atoms. The van der Waals surface area contributed by atoms with E-state index in [1.807, 2.05) is 0 Å². The van der Waals surface area contributed by atoms with E-state index in [1.165, 1.54) is 6.08 Å². The van der Waals surface area contributed by atoms with Gasteiger partial charge in [0.05, 0.1) is 0 Å². The second kappa shape index (κ2) is 4.81. The molecule has 1 N–H and O–H groups in total. The molecular weight excluding hydrogens is 203 g/mol. The largest absolute Gasteiger partial charge is 0.394 e. The predicted octanol–water partition coefficient (Wildman–Crippen LogP) is 0.223. The van der Waals surface area contributed by atoms with Gasteiger partial charge in [-0.15, -0.1) is 6.42 Å². The van der Waals surface area contributed by atoms with E-state index in [2.05, 4.69) is 11.4 Å². The number of hydrogen-bond donors (Lipinski definition) is 1. The molecule has 1 rings (SSSR count). The summed E-state index contributed by atoms with van der Waals surface area (Å²) in [7, 11) is 0. The molecule has 1 radical (unpaired) electrons. The minimum atomic E-state index is -0.169. The summed E-state index contributed by atoms with van der Waals surface area (Å²) in [5.41, 5.74) is 0.791. The molecule has 1 aliphatic rings. The SMILES string of the molecule is [CH-]=CC1=[C-]C(=O)NCC1.[Y]. The number of rotatable bonds is 1. The van der Waals surface area contributed by atoms with Crippen molar-refractivity contribution in [1.29, 1.82) is 0 Å². The molecule has 3 heteroatoms. The van der Waals surface area contributed by atoms with Crippen LogP contribution in [0, 0.1) is 12.7 Å². The molecule has 1 heterocycles. The van der Waals surface area contributed by atoms with Crippen LogP contribution in [0.15, 0.2) is 11.6 Å². The number of carbonyl (C=O) groups excluding carboxylic acids is 1. The van der Waals surface area contributed by atoms with Crippen molar-refractivity contribution in [3.63, 3.8) is 0 Å². The van der Waals surface area contributed by atoms with E-state index in [1.54, 1.807) is 0 Å². The first-order chi connectivity index (χ1) is 4.33. The zero-order valence-electron chi connectivity index (χ0n) is 5.55. The van der Waals surface area contributed by atoms with Crippen LogP contribution < -0.4 is 5.32 Å². The Labute approximate surface area is 85.6 Å². The van der Waals surface area contributed by atoms with E-state index >= 15 is 0 Å². The van der Waals surface area contributed by atoms with Gasteiger partial charge in [0.15, 0.2) is 0 Å². The molecule has 0 saturated carbocycles. The van der Waals surface area contributed by atoms with Gasteiger partial charge in [-0.1, -0.05) is 0 Å². The summed E-state index contributed by atoms with van der Waals surface area (Å²) in [6.45, 7) is 5.84. The average molecular weight is 210 g/mol. The molecule has 51 valence electrons. The van der Waals surface area contributed by atoms with Crippen molar-refractivity contribution in [2.75, 3.05) is 6.54 Å². The number of amides is 1. The van der Waals surface area contributed by atoms with Crippen molar-refractivity contribution in [2.45, 2.75) is 6.42 Å². The van der Waals surface area contributed by atoms with E-state index in [0.29, 0.717) is 6.54 Å². The first-order valence-corrected chi connectivity index (χ1v) is 2.78. The number of nitrogens with one attached hydrogen (secondary N) is 1. The predicted molar refractivity (Wildman–Crippen MR) is 33.3 cm³/mol. The summed E-state index contributed by atoms with van der Waals surface area (Å²) < 4.78 is 0. The normalized spacial score (nSPS) is 16.4. The maximum Gasteiger partial charge on any atom is 0.134 e. The van der Waals surface area contributed by atoms with Crippen LogP contribution in [0.25, 0.3) is 0 Å². The molecule has 0 spiro atoms. The summed E-state index contributed by atoms with van der Waals surface area (Å²) in [4.78, 5) is 10.5. The number of allylic oxidation sites excluding steroid dienone is 1. The van der Waals surface area contributed by atoms with Crippen LogP contribution >= 0.6 is 0 Å². The van der Waals surface area contributed by atoms with Gasteiger partial charge in [0.25, 0.3) is 0 Å². The van der Waals surface area contributed by atoms with Gasteiger partial charge in [0.1, 0.15) is 5.91 Å². The van der Waals surface area contributed by atoms with Crippen molar-refractivity contribution in [2.24, 2.45) is 0 Å². The van der Waals surface area contributed by atoms with Gasteiger partial charge < -0.3 is 23.5 Å². The zero-order chi connectivity index (χ0) is 6.69. The van der Waals surface area contributed by atoms with Crippen LogP contribution in [-0.2, 0) is 37.5 Å². The average Bonchev–Trinajstić information content (AvgIpc) is 1.88. The standard InChI is InChI=1S/C7H7NO.Y/c1-2-6-3-4-8-7(9)5-6;/h1-2H,3-4H2,(H,8,9);/q-2;. The summed E-state index contributed by atoms with van der Waals surface area (Å²) in [5, 5.41) is 2.60. The Hall–Kier alpha value is 0.0539. The van der Waals surface area contributed by atoms with Gasteiger partial charge in [0, 0.05) is 39.3 Å². The minimum Gasteiger partial charge on any atom is -0.394 e. The van der Waals surface area contributed by atoms with Gasteiger partial charge >= 0.3 is 0 Å². The smallest absolute Gasteiger partial charge is 0.134 e. The van der Waals surface area contributed by atoms with Crippen molar-refractivity contribution in [1.82, 2.24) is 5.32 Å². The molecule has 0 fully saturated rings. The molecule has 0 atom stereocenters. The van der Waals surface area contributed by atoms with Crippen LogP contribution in [-0.4, -0.2) is 12.5 Å². The quantitative estimate of drug-likeness (QED) is 0.616. The van der Waals surface area contributed by atoms with Crippen molar-refractivity contribution >= 4 is 5.91 Å². The molecule has 0 aromatic heterocycles. The van der Waals surface area contributed by atoms with Crippen LogP contribution in [0.5, 0.6) is 0 Å². The van der Waals surface area contributed by atoms with Crippen LogP contribution in [0.1, 0.15) is 6.42 Å². The van der Waals surface area contributed by atoms with Crippen LogP contribution in [0.3, 0.4) is 0 Å². The van der Waals surface area contributed by atoms with E-state index < -0.39 is 0 Å². The Balaban J connectivity index is 0.000000810. The van der Waals surface area contributed by atoms with Crippen LogP contribution in [0.4, 0.5) is 0 Å². The number of hydrogen-bond acceptors (Lipinski definition) is 1. The molecular formula is C7H7NOY-2. The summed E-state index contributed by atoms with van der Waals surface area (Å²) in [5.74, 6) is -0.169. The fraction of sp³-hybridized carbons (Fsp3) is 0.286. The Morgan fingerprint density at radius 1 is 1.70 bits per heavy atom. The molecule has 0 unspecified atom stereocenters. The molecule has 1 aliphatic heterocycles.